The molecule has 0 heterocycles. The van der Waals surface area contributed by atoms with E-state index in [0.717, 1.165) is 49.1 Å². The zero-order chi connectivity index (χ0) is 8.60. The molecule has 0 radical (unpaired) electrons. The van der Waals surface area contributed by atoms with Gasteiger partial charge in [0.15, 0.2) is 0 Å². The van der Waals surface area contributed by atoms with Crippen molar-refractivity contribution in [3.63, 3.8) is 0 Å². The SMILES string of the molecule is OC12CCCCC1=C(Cl)CCC2. The molecule has 0 saturated heterocycles. The van der Waals surface area contributed by atoms with Crippen molar-refractivity contribution in [1.82, 2.24) is 0 Å². The fraction of sp³-hybridized carbons (Fsp3) is 0.800. The van der Waals surface area contributed by atoms with Crippen molar-refractivity contribution in [1.29, 1.82) is 0 Å². The third kappa shape index (κ3) is 1.29. The zero-order valence-electron chi connectivity index (χ0n) is 7.27. The number of rotatable bonds is 0. The van der Waals surface area contributed by atoms with Gasteiger partial charge in [0, 0.05) is 5.03 Å². The number of hydrogen-bond donors (Lipinski definition) is 1. The van der Waals surface area contributed by atoms with E-state index in [2.05, 4.69) is 0 Å². The van der Waals surface area contributed by atoms with Crippen LogP contribution in [0.5, 0.6) is 0 Å². The molecule has 0 aliphatic heterocycles. The summed E-state index contributed by atoms with van der Waals surface area (Å²) in [5.41, 5.74) is 0.648. The summed E-state index contributed by atoms with van der Waals surface area (Å²) in [5.74, 6) is 0. The topological polar surface area (TPSA) is 20.2 Å². The quantitative estimate of drug-likeness (QED) is 0.617. The lowest BCUT2D eigenvalue weighted by Crippen LogP contribution is -2.36. The van der Waals surface area contributed by atoms with Crippen molar-refractivity contribution in [3.8, 4) is 0 Å². The van der Waals surface area contributed by atoms with Gasteiger partial charge >= 0.3 is 0 Å². The molecular formula is C10H15ClO. The van der Waals surface area contributed by atoms with Crippen LogP contribution in [-0.2, 0) is 0 Å². The first-order chi connectivity index (χ1) is 5.72. The zero-order valence-corrected chi connectivity index (χ0v) is 8.03. The number of aliphatic hydroxyl groups is 1. The molecule has 1 saturated carbocycles. The molecule has 2 aliphatic rings. The van der Waals surface area contributed by atoms with Crippen LogP contribution >= 0.6 is 11.6 Å². The van der Waals surface area contributed by atoms with E-state index in [9.17, 15) is 5.11 Å². The van der Waals surface area contributed by atoms with E-state index in [1.807, 2.05) is 0 Å². The Labute approximate surface area is 78.4 Å². The van der Waals surface area contributed by atoms with Crippen molar-refractivity contribution in [2.75, 3.05) is 0 Å². The molecule has 0 aromatic heterocycles. The van der Waals surface area contributed by atoms with Gasteiger partial charge in [0.05, 0.1) is 5.60 Å². The van der Waals surface area contributed by atoms with E-state index >= 15 is 0 Å². The molecule has 1 atom stereocenters. The molecule has 1 N–H and O–H groups in total. The van der Waals surface area contributed by atoms with Crippen LogP contribution in [0.1, 0.15) is 44.9 Å². The second-order valence-corrected chi connectivity index (χ2v) is 4.43. The van der Waals surface area contributed by atoms with Crippen LogP contribution in [0.3, 0.4) is 0 Å². The minimum Gasteiger partial charge on any atom is -0.385 e. The van der Waals surface area contributed by atoms with Gasteiger partial charge in [0.1, 0.15) is 0 Å². The van der Waals surface area contributed by atoms with Gasteiger partial charge in [-0.3, -0.25) is 0 Å². The molecular weight excluding hydrogens is 172 g/mol. The van der Waals surface area contributed by atoms with Crippen LogP contribution < -0.4 is 0 Å². The van der Waals surface area contributed by atoms with E-state index in [-0.39, 0.29) is 0 Å². The molecule has 12 heavy (non-hydrogen) atoms. The molecule has 0 amide bonds. The molecule has 0 aromatic carbocycles. The van der Waals surface area contributed by atoms with Crippen molar-refractivity contribution >= 4 is 11.6 Å². The maximum absolute atomic E-state index is 10.2. The van der Waals surface area contributed by atoms with Crippen LogP contribution in [0.4, 0.5) is 0 Å². The number of hydrogen-bond acceptors (Lipinski definition) is 1. The molecule has 1 unspecified atom stereocenters. The first-order valence-electron chi connectivity index (χ1n) is 4.83. The average molecular weight is 187 g/mol. The Kier molecular flexibility index (Phi) is 2.18. The molecule has 0 aromatic rings. The second-order valence-electron chi connectivity index (χ2n) is 3.98. The van der Waals surface area contributed by atoms with Crippen LogP contribution in [-0.4, -0.2) is 10.7 Å². The van der Waals surface area contributed by atoms with Gasteiger partial charge in [0.2, 0.25) is 0 Å². The van der Waals surface area contributed by atoms with Gasteiger partial charge in [0.25, 0.3) is 0 Å². The van der Waals surface area contributed by atoms with Crippen molar-refractivity contribution in [2.24, 2.45) is 0 Å². The summed E-state index contributed by atoms with van der Waals surface area (Å²) in [4.78, 5) is 0. The lowest BCUT2D eigenvalue weighted by atomic mass is 9.74. The molecule has 0 spiro atoms. The minimum atomic E-state index is -0.506. The standard InChI is InChI=1S/C10H15ClO/c11-9-5-3-7-10(12)6-2-1-4-8(9)10/h12H,1-7H2. The molecule has 2 heteroatoms. The third-order valence-electron chi connectivity index (χ3n) is 3.14. The maximum atomic E-state index is 10.2. The Morgan fingerprint density at radius 2 is 1.83 bits per heavy atom. The van der Waals surface area contributed by atoms with Gasteiger partial charge in [-0.25, -0.2) is 0 Å². The predicted octanol–water partition coefficient (Wildman–Crippen LogP) is 2.97. The average Bonchev–Trinajstić information content (AvgIpc) is 2.04. The van der Waals surface area contributed by atoms with E-state index in [1.165, 1.54) is 6.42 Å². The lowest BCUT2D eigenvalue weighted by Gasteiger charge is -2.38. The summed E-state index contributed by atoms with van der Waals surface area (Å²) in [5, 5.41) is 11.2. The predicted molar refractivity (Wildman–Crippen MR) is 50.1 cm³/mol. The van der Waals surface area contributed by atoms with E-state index < -0.39 is 5.60 Å². The summed E-state index contributed by atoms with van der Waals surface area (Å²) >= 11 is 6.10. The fourth-order valence-corrected chi connectivity index (χ4v) is 2.86. The van der Waals surface area contributed by atoms with Gasteiger partial charge < -0.3 is 5.11 Å². The third-order valence-corrected chi connectivity index (χ3v) is 3.56. The fourth-order valence-electron chi connectivity index (χ4n) is 2.45. The number of fused-ring (bicyclic) bond motifs is 1. The number of allylic oxidation sites excluding steroid dienone is 1. The summed E-state index contributed by atoms with van der Waals surface area (Å²) in [7, 11) is 0. The first-order valence-corrected chi connectivity index (χ1v) is 5.20. The number of halogens is 1. The Morgan fingerprint density at radius 1 is 1.08 bits per heavy atom. The maximum Gasteiger partial charge on any atom is 0.0871 e. The Morgan fingerprint density at radius 3 is 2.58 bits per heavy atom. The van der Waals surface area contributed by atoms with Gasteiger partial charge in [-0.1, -0.05) is 11.6 Å². The summed E-state index contributed by atoms with van der Waals surface area (Å²) in [6.45, 7) is 0. The minimum absolute atomic E-state index is 0.506. The molecule has 2 rings (SSSR count). The van der Waals surface area contributed by atoms with Crippen LogP contribution in [0.15, 0.2) is 10.6 Å². The van der Waals surface area contributed by atoms with Gasteiger partial charge in [-0.2, -0.15) is 0 Å². The highest BCUT2D eigenvalue weighted by atomic mass is 35.5. The van der Waals surface area contributed by atoms with Crippen LogP contribution in [0, 0.1) is 0 Å². The smallest absolute Gasteiger partial charge is 0.0871 e. The highest BCUT2D eigenvalue weighted by molar-refractivity contribution is 6.30. The highest BCUT2D eigenvalue weighted by Gasteiger charge is 2.37. The normalized spacial score (nSPS) is 36.5. The largest absolute Gasteiger partial charge is 0.385 e. The van der Waals surface area contributed by atoms with Crippen molar-refractivity contribution in [2.45, 2.75) is 50.5 Å². The molecule has 0 bridgehead atoms. The lowest BCUT2D eigenvalue weighted by molar-refractivity contribution is 0.0353. The van der Waals surface area contributed by atoms with Gasteiger partial charge in [-0.15, -0.1) is 0 Å². The second kappa shape index (κ2) is 3.04. The molecule has 1 nitrogen and oxygen atoms in total. The van der Waals surface area contributed by atoms with Gasteiger partial charge in [-0.05, 0) is 50.5 Å². The molecule has 68 valence electrons. The first kappa shape index (κ1) is 8.58. The van der Waals surface area contributed by atoms with Crippen LogP contribution in [0.2, 0.25) is 0 Å². The van der Waals surface area contributed by atoms with E-state index in [0.29, 0.717) is 0 Å². The van der Waals surface area contributed by atoms with E-state index in [1.54, 1.807) is 0 Å². The summed E-state index contributed by atoms with van der Waals surface area (Å²) in [6, 6.07) is 0. The Balaban J connectivity index is 2.31. The highest BCUT2D eigenvalue weighted by Crippen LogP contribution is 2.44. The monoisotopic (exact) mass is 186 g/mol. The molecule has 1 fully saturated rings. The van der Waals surface area contributed by atoms with Crippen molar-refractivity contribution < 1.29 is 5.11 Å². The van der Waals surface area contributed by atoms with Crippen LogP contribution in [0.25, 0.3) is 0 Å². The molecule has 2 aliphatic carbocycles. The summed E-state index contributed by atoms with van der Waals surface area (Å²) < 4.78 is 0. The Hall–Kier alpha value is -0.0100. The van der Waals surface area contributed by atoms with E-state index in [4.69, 9.17) is 11.6 Å². The Bertz CT molecular complexity index is 222. The van der Waals surface area contributed by atoms with Crippen molar-refractivity contribution in [3.05, 3.63) is 10.6 Å². The summed E-state index contributed by atoms with van der Waals surface area (Å²) in [6.07, 6.45) is 7.28.